The Morgan fingerprint density at radius 3 is 2.52 bits per heavy atom. The quantitative estimate of drug-likeness (QED) is 0.779. The van der Waals surface area contributed by atoms with Gasteiger partial charge in [-0.2, -0.15) is 11.8 Å². The lowest BCUT2D eigenvalue weighted by atomic mass is 10.0. The summed E-state index contributed by atoms with van der Waals surface area (Å²) < 4.78 is 0. The fraction of sp³-hybridized carbons (Fsp3) is 0.467. The highest BCUT2D eigenvalue weighted by Crippen LogP contribution is 2.21. The second-order valence-corrected chi connectivity index (χ2v) is 6.32. The Morgan fingerprint density at radius 2 is 1.90 bits per heavy atom. The van der Waals surface area contributed by atoms with Crippen LogP contribution in [0.4, 0.5) is 4.79 Å². The predicted molar refractivity (Wildman–Crippen MR) is 83.4 cm³/mol. The monoisotopic (exact) mass is 308 g/mol. The molecule has 0 spiro atoms. The number of urea groups is 1. The van der Waals surface area contributed by atoms with Gasteiger partial charge in [0.25, 0.3) is 0 Å². The molecule has 0 saturated carbocycles. The molecule has 1 aromatic rings. The van der Waals surface area contributed by atoms with Crippen molar-refractivity contribution in [3.8, 4) is 0 Å². The van der Waals surface area contributed by atoms with E-state index >= 15 is 0 Å². The van der Waals surface area contributed by atoms with E-state index in [1.165, 1.54) is 0 Å². The van der Waals surface area contributed by atoms with Crippen LogP contribution in [0.1, 0.15) is 24.4 Å². The summed E-state index contributed by atoms with van der Waals surface area (Å²) in [6, 6.07) is 7.26. The molecule has 5 nitrogen and oxygen atoms in total. The number of nitrogens with one attached hydrogen (secondary N) is 2. The molecule has 1 saturated heterocycles. The van der Waals surface area contributed by atoms with Crippen LogP contribution in [-0.2, 0) is 4.79 Å². The zero-order valence-corrected chi connectivity index (χ0v) is 12.6. The number of benzene rings is 1. The molecule has 0 aromatic heterocycles. The lowest BCUT2D eigenvalue weighted by Crippen LogP contribution is -2.42. The van der Waals surface area contributed by atoms with E-state index in [1.807, 2.05) is 17.8 Å². The van der Waals surface area contributed by atoms with Gasteiger partial charge in [-0.3, -0.25) is 0 Å². The third kappa shape index (κ3) is 4.97. The number of amides is 2. The maximum atomic E-state index is 11.9. The number of carboxylic acids is 1. The minimum Gasteiger partial charge on any atom is -0.479 e. The average molecular weight is 308 g/mol. The minimum atomic E-state index is -1.06. The van der Waals surface area contributed by atoms with Crippen LogP contribution in [-0.4, -0.2) is 35.2 Å². The van der Waals surface area contributed by atoms with Gasteiger partial charge in [-0.05, 0) is 35.8 Å². The molecule has 1 aliphatic rings. The van der Waals surface area contributed by atoms with Crippen LogP contribution in [0.25, 0.3) is 0 Å². The molecule has 2 rings (SSSR count). The van der Waals surface area contributed by atoms with Crippen molar-refractivity contribution in [2.24, 2.45) is 5.92 Å². The first-order chi connectivity index (χ1) is 10.2. The van der Waals surface area contributed by atoms with Crippen molar-refractivity contribution in [2.45, 2.75) is 18.9 Å². The molecule has 0 radical (unpaired) electrons. The molecule has 2 amide bonds. The van der Waals surface area contributed by atoms with E-state index < -0.39 is 18.0 Å². The first kappa shape index (κ1) is 15.7. The largest absolute Gasteiger partial charge is 0.479 e. The van der Waals surface area contributed by atoms with Crippen LogP contribution in [0.2, 0.25) is 0 Å². The molecule has 21 heavy (non-hydrogen) atoms. The Labute approximate surface area is 128 Å². The van der Waals surface area contributed by atoms with Crippen LogP contribution >= 0.6 is 11.8 Å². The van der Waals surface area contributed by atoms with Gasteiger partial charge in [0.1, 0.15) is 0 Å². The third-order valence-electron chi connectivity index (χ3n) is 3.55. The van der Waals surface area contributed by atoms with Crippen molar-refractivity contribution < 1.29 is 14.7 Å². The summed E-state index contributed by atoms with van der Waals surface area (Å²) in [6.45, 7) is 0.605. The highest BCUT2D eigenvalue weighted by Gasteiger charge is 2.22. The van der Waals surface area contributed by atoms with Gasteiger partial charge in [-0.15, -0.1) is 0 Å². The van der Waals surface area contributed by atoms with E-state index in [0.717, 1.165) is 24.3 Å². The fourth-order valence-corrected chi connectivity index (χ4v) is 3.51. The van der Waals surface area contributed by atoms with E-state index in [2.05, 4.69) is 10.6 Å². The summed E-state index contributed by atoms with van der Waals surface area (Å²) in [5.74, 6) is 1.70. The molecule has 1 heterocycles. The van der Waals surface area contributed by atoms with E-state index in [1.54, 1.807) is 24.3 Å². The number of carboxylic acid groups (broad SMARTS) is 1. The number of carbonyl (C=O) groups is 2. The molecule has 0 unspecified atom stereocenters. The Hall–Kier alpha value is -1.69. The van der Waals surface area contributed by atoms with Crippen molar-refractivity contribution in [1.82, 2.24) is 10.6 Å². The van der Waals surface area contributed by atoms with E-state index in [9.17, 15) is 14.7 Å². The number of carbonyl (C=O) groups excluding carboxylic acids is 1. The predicted octanol–water partition coefficient (Wildman–Crippen LogP) is 2.25. The molecule has 0 bridgehead atoms. The molecule has 1 aliphatic heterocycles. The minimum absolute atomic E-state index is 0.426. The number of rotatable bonds is 5. The van der Waals surface area contributed by atoms with Crippen molar-refractivity contribution in [1.29, 1.82) is 0 Å². The van der Waals surface area contributed by atoms with E-state index in [-0.39, 0.29) is 0 Å². The average Bonchev–Trinajstić information content (AvgIpc) is 2.52. The molecular weight excluding hydrogens is 288 g/mol. The first-order valence-electron chi connectivity index (χ1n) is 7.06. The van der Waals surface area contributed by atoms with Gasteiger partial charge in [0.05, 0.1) is 0 Å². The Balaban J connectivity index is 1.85. The van der Waals surface area contributed by atoms with Gasteiger partial charge in [-0.25, -0.2) is 9.59 Å². The zero-order chi connectivity index (χ0) is 15.1. The van der Waals surface area contributed by atoms with Crippen molar-refractivity contribution >= 4 is 23.8 Å². The summed E-state index contributed by atoms with van der Waals surface area (Å²) in [5, 5.41) is 14.5. The van der Waals surface area contributed by atoms with Crippen LogP contribution in [0, 0.1) is 5.92 Å². The smallest absolute Gasteiger partial charge is 0.330 e. The molecule has 3 N–H and O–H groups in total. The number of thioether (sulfide) groups is 1. The van der Waals surface area contributed by atoms with E-state index in [4.69, 9.17) is 0 Å². The molecular formula is C15H20N2O3S. The van der Waals surface area contributed by atoms with Gasteiger partial charge >= 0.3 is 12.0 Å². The van der Waals surface area contributed by atoms with Gasteiger partial charge in [0.15, 0.2) is 6.04 Å². The molecule has 1 fully saturated rings. The fourth-order valence-electron chi connectivity index (χ4n) is 2.30. The summed E-state index contributed by atoms with van der Waals surface area (Å²) in [7, 11) is 0. The summed E-state index contributed by atoms with van der Waals surface area (Å²) in [5.41, 5.74) is 0.564. The Morgan fingerprint density at radius 1 is 1.24 bits per heavy atom. The van der Waals surface area contributed by atoms with Crippen LogP contribution in [0.3, 0.4) is 0 Å². The lowest BCUT2D eigenvalue weighted by Gasteiger charge is -2.22. The number of hydrogen-bond acceptors (Lipinski definition) is 3. The topological polar surface area (TPSA) is 78.4 Å². The van der Waals surface area contributed by atoms with Crippen molar-refractivity contribution in [3.63, 3.8) is 0 Å². The summed E-state index contributed by atoms with van der Waals surface area (Å²) >= 11 is 1.94. The van der Waals surface area contributed by atoms with Crippen molar-refractivity contribution in [3.05, 3.63) is 35.9 Å². The van der Waals surface area contributed by atoms with Gasteiger partial charge in [0.2, 0.25) is 0 Å². The standard InChI is InChI=1S/C15H20N2O3S/c18-14(19)13(12-4-2-1-3-5-12)17-15(20)16-10-11-6-8-21-9-7-11/h1-5,11,13H,6-10H2,(H,18,19)(H2,16,17,20)/t13-/m1/s1. The van der Waals surface area contributed by atoms with Crippen LogP contribution in [0.5, 0.6) is 0 Å². The maximum absolute atomic E-state index is 11.9. The molecule has 6 heteroatoms. The Kier molecular flexibility index (Phi) is 5.92. The molecule has 1 aromatic carbocycles. The SMILES string of the molecule is O=C(NCC1CCSCC1)N[C@@H](C(=O)O)c1ccccc1. The highest BCUT2D eigenvalue weighted by atomic mass is 32.2. The highest BCUT2D eigenvalue weighted by molar-refractivity contribution is 7.99. The molecule has 1 atom stereocenters. The summed E-state index contributed by atoms with van der Waals surface area (Å²) in [4.78, 5) is 23.2. The van der Waals surface area contributed by atoms with Gasteiger partial charge in [-0.1, -0.05) is 30.3 Å². The van der Waals surface area contributed by atoms with Gasteiger partial charge < -0.3 is 15.7 Å². The normalized spacial score (nSPS) is 17.0. The number of aliphatic carboxylic acids is 1. The van der Waals surface area contributed by atoms with Crippen LogP contribution < -0.4 is 10.6 Å². The first-order valence-corrected chi connectivity index (χ1v) is 8.22. The zero-order valence-electron chi connectivity index (χ0n) is 11.7. The van der Waals surface area contributed by atoms with Crippen LogP contribution in [0.15, 0.2) is 30.3 Å². The Bertz CT molecular complexity index is 475. The van der Waals surface area contributed by atoms with Gasteiger partial charge in [0, 0.05) is 6.54 Å². The third-order valence-corrected chi connectivity index (χ3v) is 4.60. The maximum Gasteiger partial charge on any atom is 0.330 e. The molecule has 0 aliphatic carbocycles. The molecule has 114 valence electrons. The lowest BCUT2D eigenvalue weighted by molar-refractivity contribution is -0.139. The van der Waals surface area contributed by atoms with Crippen molar-refractivity contribution in [2.75, 3.05) is 18.1 Å². The number of hydrogen-bond donors (Lipinski definition) is 3. The van der Waals surface area contributed by atoms with E-state index in [0.29, 0.717) is 18.0 Å². The second kappa shape index (κ2) is 7.93. The second-order valence-electron chi connectivity index (χ2n) is 5.09. The summed E-state index contributed by atoms with van der Waals surface area (Å²) in [6.07, 6.45) is 2.21.